The van der Waals surface area contributed by atoms with E-state index in [-0.39, 0.29) is 11.1 Å². The average molecular weight is 420 g/mol. The lowest BCUT2D eigenvalue weighted by molar-refractivity contribution is -0.275. The highest BCUT2D eigenvalue weighted by molar-refractivity contribution is 5.87. The summed E-state index contributed by atoms with van der Waals surface area (Å²) < 4.78 is 107. The van der Waals surface area contributed by atoms with Gasteiger partial charge >= 0.3 is 29.7 Å². The summed E-state index contributed by atoms with van der Waals surface area (Å²) in [5.74, 6) is -25.7. The van der Waals surface area contributed by atoms with Crippen LogP contribution in [0.15, 0.2) is 35.9 Å². The summed E-state index contributed by atoms with van der Waals surface area (Å²) in [4.78, 5) is 22.7. The van der Waals surface area contributed by atoms with Gasteiger partial charge in [0.05, 0.1) is 0 Å². The molecule has 158 valence electrons. The Balaban J connectivity index is 3.11. The van der Waals surface area contributed by atoms with Crippen molar-refractivity contribution in [3.63, 3.8) is 0 Å². The number of esters is 2. The topological polar surface area (TPSA) is 61.8 Å². The van der Waals surface area contributed by atoms with Gasteiger partial charge in [0.1, 0.15) is 13.2 Å². The first-order chi connectivity index (χ1) is 12.6. The van der Waals surface area contributed by atoms with E-state index in [1.165, 1.54) is 13.8 Å². The lowest BCUT2D eigenvalue weighted by atomic mass is 10.1. The van der Waals surface area contributed by atoms with Crippen LogP contribution in [-0.4, -0.2) is 49.0 Å². The molecular formula is C16H15F7O5. The molecule has 1 rings (SSSR count). The number of allylic oxidation sites excluding steroid dienone is 2. The number of hydrogen-bond donors (Lipinski definition) is 0. The maximum Gasteiger partial charge on any atom is 0.386 e. The third-order valence-electron chi connectivity index (χ3n) is 3.33. The van der Waals surface area contributed by atoms with E-state index in [1.54, 1.807) is 0 Å². The first-order valence-corrected chi connectivity index (χ1v) is 7.43. The predicted molar refractivity (Wildman–Crippen MR) is 79.4 cm³/mol. The molecule has 0 N–H and O–H groups in total. The number of alkyl halides is 6. The van der Waals surface area contributed by atoms with Crippen LogP contribution in [0.1, 0.15) is 13.8 Å². The van der Waals surface area contributed by atoms with Gasteiger partial charge in [0.25, 0.3) is 0 Å². The van der Waals surface area contributed by atoms with Crippen molar-refractivity contribution in [3.05, 3.63) is 35.9 Å². The highest BCUT2D eigenvalue weighted by Gasteiger charge is 2.82. The molecule has 0 saturated carbocycles. The fourth-order valence-corrected chi connectivity index (χ4v) is 1.75. The van der Waals surface area contributed by atoms with E-state index in [2.05, 4.69) is 27.4 Å². The first kappa shape index (κ1) is 23.5. The molecule has 0 heterocycles. The summed E-state index contributed by atoms with van der Waals surface area (Å²) in [6.07, 6.45) is -2.01. The van der Waals surface area contributed by atoms with Crippen molar-refractivity contribution in [2.24, 2.45) is 0 Å². The molecule has 0 aliphatic heterocycles. The number of ether oxygens (including phenoxy) is 3. The van der Waals surface area contributed by atoms with Crippen LogP contribution < -0.4 is 0 Å². The zero-order valence-corrected chi connectivity index (χ0v) is 14.6. The Morgan fingerprint density at radius 1 is 0.893 bits per heavy atom. The van der Waals surface area contributed by atoms with Crippen LogP contribution in [0, 0.1) is 0 Å². The molecule has 12 heteroatoms. The Bertz CT molecular complexity index is 697. The van der Waals surface area contributed by atoms with Gasteiger partial charge in [-0.1, -0.05) is 13.2 Å². The molecule has 0 aromatic rings. The van der Waals surface area contributed by atoms with E-state index >= 15 is 0 Å². The lowest BCUT2D eigenvalue weighted by Crippen LogP contribution is -2.49. The molecule has 0 saturated heterocycles. The van der Waals surface area contributed by atoms with Crippen molar-refractivity contribution >= 4 is 11.9 Å². The summed E-state index contributed by atoms with van der Waals surface area (Å²) in [7, 11) is 0. The monoisotopic (exact) mass is 420 g/mol. The van der Waals surface area contributed by atoms with E-state index in [9.17, 15) is 40.3 Å². The molecule has 0 fully saturated rings. The number of hydrogen-bond acceptors (Lipinski definition) is 5. The van der Waals surface area contributed by atoms with Gasteiger partial charge in [0, 0.05) is 11.1 Å². The molecule has 0 radical (unpaired) electrons. The standard InChI is InChI=1S/C16H15F7O5/c1-7(2)12(24)26-5-9(6-27-13(25)8(3)4)28-11-10(17)14(18,19)16(22,23)15(11,20)21/h9H,1,3,5-6H2,2,4H3. The van der Waals surface area contributed by atoms with Gasteiger partial charge < -0.3 is 14.2 Å². The summed E-state index contributed by atoms with van der Waals surface area (Å²) in [5.41, 5.74) is -0.320. The zero-order chi connectivity index (χ0) is 22.1. The van der Waals surface area contributed by atoms with E-state index in [0.717, 1.165) is 0 Å². The average Bonchev–Trinajstić information content (AvgIpc) is 2.66. The minimum absolute atomic E-state index is 0.160. The summed E-state index contributed by atoms with van der Waals surface area (Å²) in [6.45, 7) is 6.76. The number of halogens is 7. The Morgan fingerprint density at radius 3 is 1.57 bits per heavy atom. The van der Waals surface area contributed by atoms with Crippen LogP contribution in [0.5, 0.6) is 0 Å². The van der Waals surface area contributed by atoms with Crippen molar-refractivity contribution in [1.29, 1.82) is 0 Å². The Hall–Kier alpha value is -2.53. The second-order valence-electron chi connectivity index (χ2n) is 5.86. The van der Waals surface area contributed by atoms with Crippen LogP contribution in [-0.2, 0) is 23.8 Å². The van der Waals surface area contributed by atoms with Crippen molar-refractivity contribution < 1.29 is 54.5 Å². The second kappa shape index (κ2) is 7.84. The highest BCUT2D eigenvalue weighted by Crippen LogP contribution is 2.59. The Morgan fingerprint density at radius 2 is 1.29 bits per heavy atom. The molecule has 0 amide bonds. The van der Waals surface area contributed by atoms with Gasteiger partial charge in [0.2, 0.25) is 11.6 Å². The van der Waals surface area contributed by atoms with Crippen LogP contribution in [0.3, 0.4) is 0 Å². The Kier molecular flexibility index (Phi) is 6.58. The van der Waals surface area contributed by atoms with Gasteiger partial charge in [-0.2, -0.15) is 26.3 Å². The second-order valence-corrected chi connectivity index (χ2v) is 5.86. The van der Waals surface area contributed by atoms with E-state index in [0.29, 0.717) is 0 Å². The molecule has 0 bridgehead atoms. The zero-order valence-electron chi connectivity index (χ0n) is 14.6. The highest BCUT2D eigenvalue weighted by atomic mass is 19.3. The van der Waals surface area contributed by atoms with Crippen LogP contribution >= 0.6 is 0 Å². The third-order valence-corrected chi connectivity index (χ3v) is 3.33. The van der Waals surface area contributed by atoms with Crippen LogP contribution in [0.2, 0.25) is 0 Å². The smallest absolute Gasteiger partial charge is 0.386 e. The third kappa shape index (κ3) is 4.14. The van der Waals surface area contributed by atoms with E-state index < -0.39 is 60.6 Å². The molecule has 28 heavy (non-hydrogen) atoms. The molecule has 5 nitrogen and oxygen atoms in total. The number of rotatable bonds is 8. The number of carbonyl (C=O) groups is 2. The Labute approximate surface area is 154 Å². The van der Waals surface area contributed by atoms with Gasteiger partial charge in [-0.05, 0) is 13.8 Å². The largest absolute Gasteiger partial charge is 0.478 e. The fourth-order valence-electron chi connectivity index (χ4n) is 1.75. The molecule has 0 unspecified atom stereocenters. The maximum atomic E-state index is 13.7. The normalized spacial score (nSPS) is 19.4. The minimum atomic E-state index is -6.10. The lowest BCUT2D eigenvalue weighted by Gasteiger charge is -2.26. The molecule has 1 aliphatic carbocycles. The summed E-state index contributed by atoms with van der Waals surface area (Å²) in [5, 5.41) is 0. The van der Waals surface area contributed by atoms with E-state index in [4.69, 9.17) is 0 Å². The van der Waals surface area contributed by atoms with Crippen molar-refractivity contribution in [2.45, 2.75) is 37.7 Å². The van der Waals surface area contributed by atoms with Gasteiger partial charge in [-0.15, -0.1) is 0 Å². The van der Waals surface area contributed by atoms with Gasteiger partial charge in [-0.3, -0.25) is 0 Å². The summed E-state index contributed by atoms with van der Waals surface area (Å²) >= 11 is 0. The van der Waals surface area contributed by atoms with Gasteiger partial charge in [-0.25, -0.2) is 14.0 Å². The predicted octanol–water partition coefficient (Wildman–Crippen LogP) is 3.71. The van der Waals surface area contributed by atoms with Crippen molar-refractivity contribution in [2.75, 3.05) is 13.2 Å². The molecule has 0 aromatic heterocycles. The SMILES string of the molecule is C=C(C)C(=O)OCC(COC(=O)C(=C)C)OC1=C(F)C(F)(F)C(F)(F)C1(F)F. The van der Waals surface area contributed by atoms with Crippen molar-refractivity contribution in [3.8, 4) is 0 Å². The fraction of sp³-hybridized carbons (Fsp3) is 0.500. The van der Waals surface area contributed by atoms with E-state index in [1.807, 2.05) is 0 Å². The van der Waals surface area contributed by atoms with Crippen molar-refractivity contribution in [1.82, 2.24) is 0 Å². The van der Waals surface area contributed by atoms with Crippen LogP contribution in [0.4, 0.5) is 30.7 Å². The van der Waals surface area contributed by atoms with Gasteiger partial charge in [0.15, 0.2) is 6.10 Å². The molecular weight excluding hydrogens is 405 g/mol. The summed E-state index contributed by atoms with van der Waals surface area (Å²) in [6, 6.07) is 0. The number of carbonyl (C=O) groups excluding carboxylic acids is 2. The molecule has 0 atom stereocenters. The molecule has 1 aliphatic rings. The van der Waals surface area contributed by atoms with Crippen LogP contribution in [0.25, 0.3) is 0 Å². The quantitative estimate of drug-likeness (QED) is 0.340. The maximum absolute atomic E-state index is 13.7. The molecule has 0 spiro atoms. The first-order valence-electron chi connectivity index (χ1n) is 7.43. The molecule has 0 aromatic carbocycles. The minimum Gasteiger partial charge on any atom is -0.478 e.